The number of esters is 1. The van der Waals surface area contributed by atoms with Gasteiger partial charge in [-0.25, -0.2) is 4.57 Å². The Morgan fingerprint density at radius 3 is 1.40 bits per heavy atom. The minimum Gasteiger partial charge on any atom is -0.457 e. The first kappa shape index (κ1) is 60.9. The van der Waals surface area contributed by atoms with Gasteiger partial charge in [-0.05, 0) is 83.5 Å². The molecule has 0 aliphatic carbocycles. The maximum absolute atomic E-state index is 12.8. The van der Waals surface area contributed by atoms with Crippen LogP contribution in [0, 0.1) is 0 Å². The number of ether oxygens (including phenoxy) is 2. The van der Waals surface area contributed by atoms with Gasteiger partial charge >= 0.3 is 13.8 Å². The van der Waals surface area contributed by atoms with Crippen LogP contribution in [0.5, 0.6) is 0 Å². The molecule has 0 fully saturated rings. The van der Waals surface area contributed by atoms with E-state index in [1.165, 1.54) is 116 Å². The van der Waals surface area contributed by atoms with Crippen molar-refractivity contribution in [3.63, 3.8) is 0 Å². The van der Waals surface area contributed by atoms with E-state index in [0.29, 0.717) is 24.1 Å². The van der Waals surface area contributed by atoms with Crippen molar-refractivity contribution >= 4 is 13.8 Å². The van der Waals surface area contributed by atoms with Gasteiger partial charge in [0.2, 0.25) is 0 Å². The molecule has 0 amide bonds. The minimum atomic E-state index is -4.29. The largest absolute Gasteiger partial charge is 0.472 e. The number of quaternary nitrogens is 1. The first-order valence-corrected chi connectivity index (χ1v) is 27.2. The average molecular weight is 905 g/mol. The summed E-state index contributed by atoms with van der Waals surface area (Å²) < 4.78 is 35.1. The number of nitrogens with zero attached hydrogens (tertiary/aromatic N) is 1. The van der Waals surface area contributed by atoms with Crippen molar-refractivity contribution in [2.75, 3.05) is 54.1 Å². The second kappa shape index (κ2) is 46.5. The van der Waals surface area contributed by atoms with Crippen molar-refractivity contribution in [3.8, 4) is 0 Å². The molecule has 1 N–H and O–H groups in total. The zero-order valence-electron chi connectivity index (χ0n) is 41.5. The van der Waals surface area contributed by atoms with Crippen LogP contribution in [0.4, 0.5) is 0 Å². The quantitative estimate of drug-likeness (QED) is 0.0214. The van der Waals surface area contributed by atoms with Gasteiger partial charge in [-0.1, -0.05) is 189 Å². The highest BCUT2D eigenvalue weighted by atomic mass is 31.2. The molecule has 0 aromatic carbocycles. The first-order chi connectivity index (χ1) is 30.6. The molecular weight excluding hydrogens is 806 g/mol. The summed E-state index contributed by atoms with van der Waals surface area (Å²) in [5, 5.41) is 0. The number of likely N-dealkylation sites (N-methyl/N-ethyl adjacent to an activating group) is 1. The summed E-state index contributed by atoms with van der Waals surface area (Å²) in [6, 6.07) is 0. The average Bonchev–Trinajstić information content (AvgIpc) is 3.24. The highest BCUT2D eigenvalue weighted by Gasteiger charge is 2.26. The van der Waals surface area contributed by atoms with Gasteiger partial charge in [-0.15, -0.1) is 0 Å². The van der Waals surface area contributed by atoms with Gasteiger partial charge in [-0.3, -0.25) is 13.8 Å². The van der Waals surface area contributed by atoms with Crippen LogP contribution >= 0.6 is 7.82 Å². The van der Waals surface area contributed by atoms with Gasteiger partial charge in [0.05, 0.1) is 34.4 Å². The fourth-order valence-corrected chi connectivity index (χ4v) is 7.55. The molecule has 0 spiro atoms. The predicted molar refractivity (Wildman–Crippen MR) is 270 cm³/mol. The van der Waals surface area contributed by atoms with E-state index < -0.39 is 13.9 Å². The standard InChI is InChI=1S/C54H98NO7P/c1-6-8-10-12-14-16-18-20-22-24-25-26-27-28-29-30-32-34-36-38-40-42-44-46-49-59-51-53(52-61-63(57,58)60-50-48-55(3,4)5)62-54(56)47-45-43-41-39-37-35-33-31-23-21-19-17-15-13-11-9-7-2/h8,10,14,16,20-23,25-26,28-29,53H,6-7,9,11-13,15,17-19,24,27,30-52H2,1-5H3/p+1/b10-8-,16-14-,22-20-,23-21-,26-25-,29-28-. The maximum atomic E-state index is 12.8. The second-order valence-electron chi connectivity index (χ2n) is 18.2. The number of hydrogen-bond acceptors (Lipinski definition) is 6. The number of rotatable bonds is 47. The van der Waals surface area contributed by atoms with Gasteiger partial charge in [0, 0.05) is 13.0 Å². The Kier molecular flexibility index (Phi) is 44.9. The highest BCUT2D eigenvalue weighted by molar-refractivity contribution is 7.47. The van der Waals surface area contributed by atoms with Crippen molar-refractivity contribution in [2.24, 2.45) is 0 Å². The number of carbonyl (C=O) groups excluding carboxylic acids is 1. The molecule has 0 bridgehead atoms. The summed E-state index contributed by atoms with van der Waals surface area (Å²) >= 11 is 0. The normalized spacial score (nSPS) is 14.2. The number of hydrogen-bond donors (Lipinski definition) is 1. The summed E-state index contributed by atoms with van der Waals surface area (Å²) in [5.41, 5.74) is 0. The third-order valence-electron chi connectivity index (χ3n) is 10.8. The molecule has 0 aliphatic rings. The van der Waals surface area contributed by atoms with Gasteiger partial charge in [0.1, 0.15) is 19.3 Å². The Labute approximate surface area is 389 Å². The van der Waals surface area contributed by atoms with Crippen LogP contribution in [0.25, 0.3) is 0 Å². The molecule has 0 aliphatic heterocycles. The van der Waals surface area contributed by atoms with E-state index in [2.05, 4.69) is 86.8 Å². The van der Waals surface area contributed by atoms with Crippen LogP contribution in [0.1, 0.15) is 206 Å². The van der Waals surface area contributed by atoms with Crippen molar-refractivity contribution in [3.05, 3.63) is 72.9 Å². The number of phosphoric acid groups is 1. The molecule has 0 saturated carbocycles. The van der Waals surface area contributed by atoms with E-state index in [4.69, 9.17) is 18.5 Å². The van der Waals surface area contributed by atoms with E-state index in [1.807, 2.05) is 21.1 Å². The summed E-state index contributed by atoms with van der Waals surface area (Å²) in [4.78, 5) is 23.0. The smallest absolute Gasteiger partial charge is 0.457 e. The molecule has 2 atom stereocenters. The summed E-state index contributed by atoms with van der Waals surface area (Å²) in [7, 11) is 1.65. The summed E-state index contributed by atoms with van der Waals surface area (Å²) in [6.07, 6.45) is 60.9. The molecule has 9 heteroatoms. The summed E-state index contributed by atoms with van der Waals surface area (Å²) in [6.45, 7) is 5.48. The third kappa shape index (κ3) is 50.8. The number of carbonyl (C=O) groups is 1. The zero-order valence-corrected chi connectivity index (χ0v) is 42.4. The van der Waals surface area contributed by atoms with E-state index in [1.54, 1.807) is 0 Å². The Hall–Kier alpha value is -2.06. The Bertz CT molecular complexity index is 1230. The van der Waals surface area contributed by atoms with E-state index in [0.717, 1.165) is 70.6 Å². The van der Waals surface area contributed by atoms with E-state index in [9.17, 15) is 14.3 Å². The zero-order chi connectivity index (χ0) is 46.2. The van der Waals surface area contributed by atoms with E-state index >= 15 is 0 Å². The second-order valence-corrected chi connectivity index (χ2v) is 19.6. The molecule has 0 radical (unpaired) electrons. The van der Waals surface area contributed by atoms with E-state index in [-0.39, 0.29) is 25.8 Å². The molecule has 0 aromatic heterocycles. The van der Waals surface area contributed by atoms with Crippen LogP contribution in [0.2, 0.25) is 0 Å². The predicted octanol–water partition coefficient (Wildman–Crippen LogP) is 15.8. The van der Waals surface area contributed by atoms with Crippen molar-refractivity contribution in [1.82, 2.24) is 0 Å². The third-order valence-corrected chi connectivity index (χ3v) is 11.7. The highest BCUT2D eigenvalue weighted by Crippen LogP contribution is 2.43. The van der Waals surface area contributed by atoms with Crippen molar-refractivity contribution in [1.29, 1.82) is 0 Å². The lowest BCUT2D eigenvalue weighted by Crippen LogP contribution is -2.37. The number of allylic oxidation sites excluding steroid dienone is 12. The van der Waals surface area contributed by atoms with Crippen LogP contribution in [-0.2, 0) is 27.9 Å². The molecule has 2 unspecified atom stereocenters. The van der Waals surface area contributed by atoms with Crippen LogP contribution < -0.4 is 0 Å². The number of phosphoric ester groups is 1. The topological polar surface area (TPSA) is 91.3 Å². The molecular formula is C54H99NO7P+. The fourth-order valence-electron chi connectivity index (χ4n) is 6.81. The molecule has 63 heavy (non-hydrogen) atoms. The Balaban J connectivity index is 4.17. The maximum Gasteiger partial charge on any atom is 0.472 e. The summed E-state index contributed by atoms with van der Waals surface area (Å²) in [5.74, 6) is -0.323. The Morgan fingerprint density at radius 1 is 0.508 bits per heavy atom. The molecule has 0 saturated heterocycles. The lowest BCUT2D eigenvalue weighted by molar-refractivity contribution is -0.870. The monoisotopic (exact) mass is 905 g/mol. The lowest BCUT2D eigenvalue weighted by Gasteiger charge is -2.24. The molecule has 0 aromatic rings. The lowest BCUT2D eigenvalue weighted by atomic mass is 10.1. The minimum absolute atomic E-state index is 0.0830. The van der Waals surface area contributed by atoms with Gasteiger partial charge in [0.25, 0.3) is 0 Å². The first-order valence-electron chi connectivity index (χ1n) is 25.7. The van der Waals surface area contributed by atoms with Crippen LogP contribution in [0.3, 0.4) is 0 Å². The fraction of sp³-hybridized carbons (Fsp3) is 0.759. The van der Waals surface area contributed by atoms with Crippen molar-refractivity contribution in [2.45, 2.75) is 213 Å². The van der Waals surface area contributed by atoms with Crippen LogP contribution in [-0.4, -0.2) is 75.6 Å². The van der Waals surface area contributed by atoms with Crippen LogP contribution in [0.15, 0.2) is 72.9 Å². The van der Waals surface area contributed by atoms with Gasteiger partial charge in [0.15, 0.2) is 0 Å². The Morgan fingerprint density at radius 2 is 0.921 bits per heavy atom. The van der Waals surface area contributed by atoms with Gasteiger partial charge < -0.3 is 18.9 Å². The molecule has 0 heterocycles. The molecule has 0 rings (SSSR count). The van der Waals surface area contributed by atoms with Crippen molar-refractivity contribution < 1.29 is 37.3 Å². The molecule has 366 valence electrons. The van der Waals surface area contributed by atoms with Gasteiger partial charge in [-0.2, -0.15) is 0 Å². The SMILES string of the molecule is CC/C=C\C/C=C\C/C=C\C/C=C\C/C=C\CCCCCCCCCCOCC(COP(=O)(O)OCC[N+](C)(C)C)OC(=O)CCCCCCCCC/C=C\CCCCCCCC. The molecule has 8 nitrogen and oxygen atoms in total. The number of unbranched alkanes of at least 4 members (excludes halogenated alkanes) is 21.